The fourth-order valence-corrected chi connectivity index (χ4v) is 5.11. The highest BCUT2D eigenvalue weighted by Crippen LogP contribution is 2.31. The standard InChI is InChI=1S/C26H28N2O2/c29-25(27-15-14-19-8-4-5-11-21(19)16-27)18-28-17-23(22-12-6-7-13-24(22)28)26(30)20-9-2-1-3-10-20/h4-8,11-13,17,20H,1-3,9-10,14-16,18H2. The van der Waals surface area contributed by atoms with E-state index in [1.165, 1.54) is 17.5 Å². The van der Waals surface area contributed by atoms with E-state index in [-0.39, 0.29) is 24.2 Å². The van der Waals surface area contributed by atoms with Crippen molar-refractivity contribution in [1.29, 1.82) is 0 Å². The van der Waals surface area contributed by atoms with Gasteiger partial charge in [-0.15, -0.1) is 0 Å². The maximum Gasteiger partial charge on any atom is 0.242 e. The van der Waals surface area contributed by atoms with Crippen LogP contribution < -0.4 is 0 Å². The van der Waals surface area contributed by atoms with Crippen LogP contribution in [0.15, 0.2) is 54.7 Å². The fraction of sp³-hybridized carbons (Fsp3) is 0.385. The molecule has 0 radical (unpaired) electrons. The number of Topliss-reactive ketones (excluding diaryl/α,β-unsaturated/α-hetero) is 1. The van der Waals surface area contributed by atoms with Crippen molar-refractivity contribution in [2.24, 2.45) is 5.92 Å². The largest absolute Gasteiger partial charge is 0.337 e. The van der Waals surface area contributed by atoms with Crippen molar-refractivity contribution in [2.45, 2.75) is 51.6 Å². The molecule has 0 unspecified atom stereocenters. The van der Waals surface area contributed by atoms with Crippen LogP contribution in [0.25, 0.3) is 10.9 Å². The third kappa shape index (κ3) is 3.55. The first-order valence-corrected chi connectivity index (χ1v) is 11.2. The van der Waals surface area contributed by atoms with Gasteiger partial charge in [-0.25, -0.2) is 0 Å². The molecule has 0 spiro atoms. The zero-order chi connectivity index (χ0) is 20.5. The summed E-state index contributed by atoms with van der Waals surface area (Å²) >= 11 is 0. The highest BCUT2D eigenvalue weighted by atomic mass is 16.2. The number of ketones is 1. The van der Waals surface area contributed by atoms with Crippen molar-refractivity contribution < 1.29 is 9.59 Å². The van der Waals surface area contributed by atoms with E-state index in [0.29, 0.717) is 6.54 Å². The minimum Gasteiger partial charge on any atom is -0.337 e. The molecular weight excluding hydrogens is 372 g/mol. The predicted molar refractivity (Wildman–Crippen MR) is 118 cm³/mol. The molecule has 0 saturated heterocycles. The number of hydrogen-bond donors (Lipinski definition) is 0. The molecule has 0 bridgehead atoms. The summed E-state index contributed by atoms with van der Waals surface area (Å²) in [5.74, 6) is 0.498. The van der Waals surface area contributed by atoms with Crippen LogP contribution in [0.1, 0.15) is 53.6 Å². The van der Waals surface area contributed by atoms with E-state index >= 15 is 0 Å². The van der Waals surface area contributed by atoms with E-state index in [0.717, 1.165) is 55.1 Å². The molecular formula is C26H28N2O2. The Morgan fingerprint density at radius 3 is 2.47 bits per heavy atom. The number of hydrogen-bond acceptors (Lipinski definition) is 2. The molecule has 0 atom stereocenters. The van der Waals surface area contributed by atoms with Gasteiger partial charge in [0.05, 0.1) is 0 Å². The summed E-state index contributed by atoms with van der Waals surface area (Å²) in [5.41, 5.74) is 4.34. The van der Waals surface area contributed by atoms with Crippen LogP contribution in [0.4, 0.5) is 0 Å². The van der Waals surface area contributed by atoms with Gasteiger partial charge in [-0.2, -0.15) is 0 Å². The quantitative estimate of drug-likeness (QED) is 0.579. The van der Waals surface area contributed by atoms with Crippen molar-refractivity contribution in [2.75, 3.05) is 6.54 Å². The monoisotopic (exact) mass is 400 g/mol. The highest BCUT2D eigenvalue weighted by molar-refractivity contribution is 6.09. The molecule has 1 amide bonds. The second-order valence-corrected chi connectivity index (χ2v) is 8.72. The van der Waals surface area contributed by atoms with Crippen LogP contribution in [0.5, 0.6) is 0 Å². The van der Waals surface area contributed by atoms with E-state index in [4.69, 9.17) is 0 Å². The van der Waals surface area contributed by atoms with Crippen molar-refractivity contribution in [1.82, 2.24) is 9.47 Å². The van der Waals surface area contributed by atoms with E-state index in [1.54, 1.807) is 0 Å². The lowest BCUT2D eigenvalue weighted by atomic mass is 9.84. The SMILES string of the molecule is O=C(c1cn(CC(=O)N2CCc3ccccc3C2)c2ccccc12)C1CCCCC1. The van der Waals surface area contributed by atoms with Crippen LogP contribution in [0, 0.1) is 5.92 Å². The van der Waals surface area contributed by atoms with Crippen LogP contribution >= 0.6 is 0 Å². The smallest absolute Gasteiger partial charge is 0.242 e. The number of fused-ring (bicyclic) bond motifs is 2. The molecule has 1 aliphatic carbocycles. The lowest BCUT2D eigenvalue weighted by molar-refractivity contribution is -0.132. The molecule has 30 heavy (non-hydrogen) atoms. The maximum atomic E-state index is 13.2. The summed E-state index contributed by atoms with van der Waals surface area (Å²) in [4.78, 5) is 28.3. The number of carbonyl (C=O) groups excluding carboxylic acids is 2. The Labute approximate surface area is 177 Å². The third-order valence-electron chi connectivity index (χ3n) is 6.82. The summed E-state index contributed by atoms with van der Waals surface area (Å²) in [6.45, 7) is 1.70. The Morgan fingerprint density at radius 2 is 1.63 bits per heavy atom. The molecule has 1 saturated carbocycles. The number of carbonyl (C=O) groups is 2. The van der Waals surface area contributed by atoms with Crippen molar-refractivity contribution >= 4 is 22.6 Å². The van der Waals surface area contributed by atoms with Gasteiger partial charge in [-0.3, -0.25) is 9.59 Å². The summed E-state index contributed by atoms with van der Waals surface area (Å²) in [5, 5.41) is 0.977. The second-order valence-electron chi connectivity index (χ2n) is 8.72. The van der Waals surface area contributed by atoms with Gasteiger partial charge in [0.2, 0.25) is 5.91 Å². The molecule has 2 heterocycles. The topological polar surface area (TPSA) is 42.3 Å². The average Bonchev–Trinajstić information content (AvgIpc) is 3.17. The van der Waals surface area contributed by atoms with Gasteiger partial charge in [0.25, 0.3) is 0 Å². The van der Waals surface area contributed by atoms with Gasteiger partial charge in [-0.1, -0.05) is 61.7 Å². The van der Waals surface area contributed by atoms with Gasteiger partial charge >= 0.3 is 0 Å². The van der Waals surface area contributed by atoms with E-state index in [1.807, 2.05) is 46.0 Å². The molecule has 5 rings (SSSR count). The number of benzene rings is 2. The molecule has 2 aliphatic rings. The molecule has 4 nitrogen and oxygen atoms in total. The first-order chi connectivity index (χ1) is 14.7. The van der Waals surface area contributed by atoms with Crippen LogP contribution in [-0.4, -0.2) is 27.7 Å². The lowest BCUT2D eigenvalue weighted by Gasteiger charge is -2.29. The predicted octanol–water partition coefficient (Wildman–Crippen LogP) is 4.99. The molecule has 1 aromatic heterocycles. The zero-order valence-corrected chi connectivity index (χ0v) is 17.3. The maximum absolute atomic E-state index is 13.2. The first kappa shape index (κ1) is 19.1. The lowest BCUT2D eigenvalue weighted by Crippen LogP contribution is -2.37. The summed E-state index contributed by atoms with van der Waals surface area (Å²) in [6.07, 6.45) is 8.33. The zero-order valence-electron chi connectivity index (χ0n) is 17.3. The third-order valence-corrected chi connectivity index (χ3v) is 6.82. The summed E-state index contributed by atoms with van der Waals surface area (Å²) in [7, 11) is 0. The molecule has 1 aliphatic heterocycles. The average molecular weight is 401 g/mol. The summed E-state index contributed by atoms with van der Waals surface area (Å²) in [6, 6.07) is 16.4. The minimum atomic E-state index is 0.113. The number of rotatable bonds is 4. The van der Waals surface area contributed by atoms with Gasteiger partial charge in [-0.05, 0) is 36.5 Å². The fourth-order valence-electron chi connectivity index (χ4n) is 5.11. The van der Waals surface area contributed by atoms with Crippen LogP contribution in [0.3, 0.4) is 0 Å². The van der Waals surface area contributed by atoms with Gasteiger partial charge in [0, 0.05) is 41.7 Å². The highest BCUT2D eigenvalue weighted by Gasteiger charge is 2.26. The molecule has 0 N–H and O–H groups in total. The van der Waals surface area contributed by atoms with Crippen LogP contribution in [-0.2, 0) is 24.3 Å². The van der Waals surface area contributed by atoms with Gasteiger partial charge in [0.1, 0.15) is 6.54 Å². The Morgan fingerprint density at radius 1 is 0.900 bits per heavy atom. The number of para-hydroxylation sites is 1. The van der Waals surface area contributed by atoms with Crippen molar-refractivity contribution in [3.8, 4) is 0 Å². The van der Waals surface area contributed by atoms with Gasteiger partial charge < -0.3 is 9.47 Å². The normalized spacial score (nSPS) is 17.1. The number of aromatic nitrogens is 1. The van der Waals surface area contributed by atoms with Crippen LogP contribution in [0.2, 0.25) is 0 Å². The summed E-state index contributed by atoms with van der Waals surface area (Å²) < 4.78 is 1.98. The minimum absolute atomic E-state index is 0.113. The molecule has 154 valence electrons. The van der Waals surface area contributed by atoms with Crippen molar-refractivity contribution in [3.05, 3.63) is 71.4 Å². The Kier molecular flexibility index (Phi) is 5.16. The molecule has 4 heteroatoms. The first-order valence-electron chi connectivity index (χ1n) is 11.2. The molecule has 1 fully saturated rings. The Hall–Kier alpha value is -2.88. The van der Waals surface area contributed by atoms with E-state index in [9.17, 15) is 9.59 Å². The van der Waals surface area contributed by atoms with Crippen molar-refractivity contribution in [3.63, 3.8) is 0 Å². The second kappa shape index (κ2) is 8.10. The van der Waals surface area contributed by atoms with Gasteiger partial charge in [0.15, 0.2) is 5.78 Å². The number of amides is 1. The molecule has 3 aromatic rings. The number of nitrogens with zero attached hydrogens (tertiary/aromatic N) is 2. The van der Waals surface area contributed by atoms with E-state index < -0.39 is 0 Å². The molecule has 2 aromatic carbocycles. The van der Waals surface area contributed by atoms with E-state index in [2.05, 4.69) is 18.2 Å². The Bertz CT molecular complexity index is 1090. The Balaban J connectivity index is 1.39.